The van der Waals surface area contributed by atoms with Gasteiger partial charge in [-0.1, -0.05) is 56.4 Å². The summed E-state index contributed by atoms with van der Waals surface area (Å²) in [5, 5.41) is 7.67. The van der Waals surface area contributed by atoms with Gasteiger partial charge in [0.15, 0.2) is 5.78 Å². The van der Waals surface area contributed by atoms with E-state index in [2.05, 4.69) is 10.2 Å². The molecule has 2 aromatic rings. The molecule has 3 nitrogen and oxygen atoms in total. The van der Waals surface area contributed by atoms with E-state index in [4.69, 9.17) is 0 Å². The van der Waals surface area contributed by atoms with E-state index < -0.39 is 0 Å². The van der Waals surface area contributed by atoms with Crippen molar-refractivity contribution in [3.8, 4) is 11.3 Å². The fourth-order valence-corrected chi connectivity index (χ4v) is 3.84. The van der Waals surface area contributed by atoms with Gasteiger partial charge in [-0.3, -0.25) is 9.89 Å². The maximum Gasteiger partial charge on any atom is 0.197 e. The molecule has 2 aliphatic carbocycles. The number of ketones is 1. The number of hydrogen-bond donors (Lipinski definition) is 1. The Bertz CT molecular complexity index is 678. The molecule has 0 bridgehead atoms. The summed E-state index contributed by atoms with van der Waals surface area (Å²) in [5.41, 5.74) is 4.62. The third kappa shape index (κ3) is 2.03. The number of rotatable bonds is 1. The van der Waals surface area contributed by atoms with E-state index in [1.165, 1.54) is 44.9 Å². The van der Waals surface area contributed by atoms with Crippen molar-refractivity contribution in [2.45, 2.75) is 50.9 Å². The summed E-state index contributed by atoms with van der Waals surface area (Å²) in [7, 11) is 0. The molecule has 0 atom stereocenters. The zero-order chi connectivity index (χ0) is 14.2. The largest absolute Gasteiger partial charge is 0.288 e. The summed E-state index contributed by atoms with van der Waals surface area (Å²) in [6.45, 7) is 0. The first-order chi connectivity index (χ1) is 10.4. The van der Waals surface area contributed by atoms with Crippen molar-refractivity contribution in [1.29, 1.82) is 0 Å². The normalized spacial score (nSPS) is 19.0. The van der Waals surface area contributed by atoms with Crippen LogP contribution in [0.2, 0.25) is 0 Å². The van der Waals surface area contributed by atoms with Crippen LogP contribution in [0.5, 0.6) is 0 Å². The lowest BCUT2D eigenvalue weighted by Gasteiger charge is -2.19. The molecular weight excluding hydrogens is 260 g/mol. The highest BCUT2D eigenvalue weighted by atomic mass is 16.1. The lowest BCUT2D eigenvalue weighted by molar-refractivity contribution is 0.104. The van der Waals surface area contributed by atoms with Gasteiger partial charge in [0.25, 0.3) is 0 Å². The summed E-state index contributed by atoms with van der Waals surface area (Å²) in [6, 6.07) is 7.83. The highest BCUT2D eigenvalue weighted by Crippen LogP contribution is 2.41. The summed E-state index contributed by atoms with van der Waals surface area (Å²) in [4.78, 5) is 12.7. The van der Waals surface area contributed by atoms with Crippen LogP contribution in [0.3, 0.4) is 0 Å². The van der Waals surface area contributed by atoms with Crippen LogP contribution in [0, 0.1) is 0 Å². The molecule has 21 heavy (non-hydrogen) atoms. The van der Waals surface area contributed by atoms with Crippen molar-refractivity contribution < 1.29 is 4.79 Å². The van der Waals surface area contributed by atoms with Gasteiger partial charge in [0.2, 0.25) is 0 Å². The van der Waals surface area contributed by atoms with Crippen LogP contribution in [0.1, 0.15) is 72.5 Å². The fourth-order valence-electron chi connectivity index (χ4n) is 3.84. The molecule has 1 fully saturated rings. The number of nitrogens with zero attached hydrogens (tertiary/aromatic N) is 1. The number of nitrogens with one attached hydrogen (secondary N) is 1. The molecule has 3 heteroatoms. The van der Waals surface area contributed by atoms with E-state index in [1.54, 1.807) is 0 Å². The smallest absolute Gasteiger partial charge is 0.197 e. The predicted molar refractivity (Wildman–Crippen MR) is 82.5 cm³/mol. The van der Waals surface area contributed by atoms with Crippen molar-refractivity contribution in [3.63, 3.8) is 0 Å². The SMILES string of the molecule is O=C1c2ccccc2-c2n[nH]c(C3CCCCCCC3)c21. The second-order valence-electron chi connectivity index (χ2n) is 6.28. The Morgan fingerprint density at radius 1 is 0.952 bits per heavy atom. The molecule has 1 heterocycles. The standard InChI is InChI=1S/C18H20N2O/c21-18-14-11-7-6-10-13(14)17-15(18)16(19-20-17)12-8-4-2-1-3-5-9-12/h6-7,10-12H,1-5,8-9H2,(H,19,20). The van der Waals surface area contributed by atoms with E-state index in [9.17, 15) is 4.79 Å². The zero-order valence-corrected chi connectivity index (χ0v) is 12.2. The third-order valence-electron chi connectivity index (χ3n) is 4.96. The number of carbonyl (C=O) groups is 1. The molecule has 1 aromatic heterocycles. The predicted octanol–water partition coefficient (Wildman–Crippen LogP) is 4.45. The second kappa shape index (κ2) is 5.14. The molecule has 1 N–H and O–H groups in total. The number of aromatic nitrogens is 2. The number of carbonyl (C=O) groups excluding carboxylic acids is 1. The zero-order valence-electron chi connectivity index (χ0n) is 12.2. The van der Waals surface area contributed by atoms with Crippen LogP contribution in [-0.2, 0) is 0 Å². The Labute approximate surface area is 124 Å². The molecule has 0 aliphatic heterocycles. The van der Waals surface area contributed by atoms with Gasteiger partial charge in [-0.05, 0) is 12.8 Å². The number of benzene rings is 1. The van der Waals surface area contributed by atoms with Gasteiger partial charge in [0.05, 0.1) is 11.3 Å². The summed E-state index contributed by atoms with van der Waals surface area (Å²) >= 11 is 0. The summed E-state index contributed by atoms with van der Waals surface area (Å²) in [6.07, 6.45) is 8.88. The Morgan fingerprint density at radius 2 is 1.62 bits per heavy atom. The third-order valence-corrected chi connectivity index (χ3v) is 4.96. The molecule has 4 rings (SSSR count). The molecular formula is C18H20N2O. The maximum atomic E-state index is 12.7. The minimum Gasteiger partial charge on any atom is -0.288 e. The van der Waals surface area contributed by atoms with Crippen molar-refractivity contribution in [2.24, 2.45) is 0 Å². The monoisotopic (exact) mass is 280 g/mol. The minimum absolute atomic E-state index is 0.159. The van der Waals surface area contributed by atoms with Gasteiger partial charge in [0, 0.05) is 17.0 Å². The fraction of sp³-hybridized carbons (Fsp3) is 0.444. The lowest BCUT2D eigenvalue weighted by Crippen LogP contribution is -2.08. The van der Waals surface area contributed by atoms with Gasteiger partial charge in [-0.25, -0.2) is 0 Å². The molecule has 108 valence electrons. The van der Waals surface area contributed by atoms with Gasteiger partial charge < -0.3 is 0 Å². The molecule has 0 unspecified atom stereocenters. The molecule has 1 saturated carbocycles. The van der Waals surface area contributed by atoms with Crippen molar-refractivity contribution in [3.05, 3.63) is 41.1 Å². The average molecular weight is 280 g/mol. The highest BCUT2D eigenvalue weighted by molar-refractivity contribution is 6.21. The van der Waals surface area contributed by atoms with Crippen LogP contribution < -0.4 is 0 Å². The summed E-state index contributed by atoms with van der Waals surface area (Å²) in [5.74, 6) is 0.631. The van der Waals surface area contributed by atoms with Crippen molar-refractivity contribution in [1.82, 2.24) is 10.2 Å². The van der Waals surface area contributed by atoms with Crippen LogP contribution >= 0.6 is 0 Å². The van der Waals surface area contributed by atoms with Gasteiger partial charge in [-0.2, -0.15) is 5.10 Å². The maximum absolute atomic E-state index is 12.7. The molecule has 0 spiro atoms. The van der Waals surface area contributed by atoms with Crippen LogP contribution in [0.15, 0.2) is 24.3 Å². The average Bonchev–Trinajstić information content (AvgIpc) is 3.01. The van der Waals surface area contributed by atoms with Gasteiger partial charge in [-0.15, -0.1) is 0 Å². The lowest BCUT2D eigenvalue weighted by atomic mass is 9.87. The molecule has 0 saturated heterocycles. The van der Waals surface area contributed by atoms with Crippen LogP contribution in [-0.4, -0.2) is 16.0 Å². The minimum atomic E-state index is 0.159. The molecule has 2 aliphatic rings. The van der Waals surface area contributed by atoms with Crippen LogP contribution in [0.4, 0.5) is 0 Å². The number of H-pyrrole nitrogens is 1. The molecule has 0 radical (unpaired) electrons. The van der Waals surface area contributed by atoms with Crippen molar-refractivity contribution in [2.75, 3.05) is 0 Å². The number of fused-ring (bicyclic) bond motifs is 3. The number of aromatic amines is 1. The Morgan fingerprint density at radius 3 is 2.38 bits per heavy atom. The van der Waals surface area contributed by atoms with E-state index in [0.717, 1.165) is 28.1 Å². The van der Waals surface area contributed by atoms with E-state index in [-0.39, 0.29) is 5.78 Å². The quantitative estimate of drug-likeness (QED) is 0.715. The topological polar surface area (TPSA) is 45.8 Å². The van der Waals surface area contributed by atoms with E-state index in [0.29, 0.717) is 5.92 Å². The Kier molecular flexibility index (Phi) is 3.13. The second-order valence-corrected chi connectivity index (χ2v) is 6.28. The van der Waals surface area contributed by atoms with Crippen LogP contribution in [0.25, 0.3) is 11.3 Å². The van der Waals surface area contributed by atoms with Gasteiger partial charge >= 0.3 is 0 Å². The van der Waals surface area contributed by atoms with Gasteiger partial charge in [0.1, 0.15) is 5.69 Å². The number of hydrogen-bond acceptors (Lipinski definition) is 2. The van der Waals surface area contributed by atoms with E-state index >= 15 is 0 Å². The highest BCUT2D eigenvalue weighted by Gasteiger charge is 2.34. The Balaban J connectivity index is 1.74. The first kappa shape index (κ1) is 12.8. The first-order valence-electron chi connectivity index (χ1n) is 8.08. The van der Waals surface area contributed by atoms with E-state index in [1.807, 2.05) is 24.3 Å². The molecule has 1 aromatic carbocycles. The van der Waals surface area contributed by atoms with Crippen molar-refractivity contribution >= 4 is 5.78 Å². The Hall–Kier alpha value is -1.90. The summed E-state index contributed by atoms with van der Waals surface area (Å²) < 4.78 is 0. The first-order valence-corrected chi connectivity index (χ1v) is 8.08. The molecule has 0 amide bonds.